The summed E-state index contributed by atoms with van der Waals surface area (Å²) in [5.41, 5.74) is 10.1. The maximum absolute atomic E-state index is 12.0. The molecule has 0 radical (unpaired) electrons. The van der Waals surface area contributed by atoms with Crippen LogP contribution in [0.15, 0.2) is 12.1 Å². The highest BCUT2D eigenvalue weighted by Gasteiger charge is 2.40. The number of benzene rings is 1. The number of hydrogen-bond acceptors (Lipinski definition) is 2. The number of amides is 1. The summed E-state index contributed by atoms with van der Waals surface area (Å²) in [6, 6.07) is 4.15. The molecule has 1 aromatic carbocycles. The van der Waals surface area contributed by atoms with Gasteiger partial charge in [0.15, 0.2) is 0 Å². The van der Waals surface area contributed by atoms with E-state index in [1.54, 1.807) is 0 Å². The van der Waals surface area contributed by atoms with E-state index in [9.17, 15) is 4.79 Å². The van der Waals surface area contributed by atoms with Crippen LogP contribution in [-0.4, -0.2) is 5.91 Å². The molecule has 0 bridgehead atoms. The number of rotatable bonds is 1. The Morgan fingerprint density at radius 1 is 1.26 bits per heavy atom. The third-order valence-electron chi connectivity index (χ3n) is 4.13. The standard InChI is InChI=1S/C16H24N2O/c1-9-7-10(13(17)15(2,3)4)8-11-12(9)18-14(19)16(11,5)6/h7-8,13H,17H2,1-6H3,(H,18,19). The van der Waals surface area contributed by atoms with Gasteiger partial charge in [-0.2, -0.15) is 0 Å². The van der Waals surface area contributed by atoms with Gasteiger partial charge in [-0.15, -0.1) is 0 Å². The molecule has 3 heteroatoms. The van der Waals surface area contributed by atoms with E-state index in [-0.39, 0.29) is 17.4 Å². The minimum Gasteiger partial charge on any atom is -0.325 e. The second-order valence-electron chi connectivity index (χ2n) is 7.18. The summed E-state index contributed by atoms with van der Waals surface area (Å²) in [4.78, 5) is 12.0. The molecule has 3 N–H and O–H groups in total. The van der Waals surface area contributed by atoms with Gasteiger partial charge in [0.1, 0.15) is 0 Å². The third kappa shape index (κ3) is 2.16. The molecular weight excluding hydrogens is 236 g/mol. The van der Waals surface area contributed by atoms with Gasteiger partial charge in [0, 0.05) is 11.7 Å². The summed E-state index contributed by atoms with van der Waals surface area (Å²) in [5, 5.41) is 2.98. The van der Waals surface area contributed by atoms with Gasteiger partial charge >= 0.3 is 0 Å². The number of anilines is 1. The molecule has 1 amide bonds. The lowest BCUT2D eigenvalue weighted by Crippen LogP contribution is -2.28. The Bertz CT molecular complexity index is 538. The van der Waals surface area contributed by atoms with Crippen molar-refractivity contribution in [1.29, 1.82) is 0 Å². The first kappa shape index (κ1) is 14.1. The third-order valence-corrected chi connectivity index (χ3v) is 4.13. The van der Waals surface area contributed by atoms with E-state index in [0.717, 1.165) is 22.4 Å². The number of carbonyl (C=O) groups excluding carboxylic acids is 1. The fourth-order valence-electron chi connectivity index (χ4n) is 2.55. The number of nitrogens with one attached hydrogen (secondary N) is 1. The molecule has 1 aromatic rings. The number of nitrogens with two attached hydrogens (primary N) is 1. The molecule has 1 aliphatic heterocycles. The van der Waals surface area contributed by atoms with Gasteiger partial charge in [-0.1, -0.05) is 32.9 Å². The summed E-state index contributed by atoms with van der Waals surface area (Å²) in [6.07, 6.45) is 0. The molecule has 19 heavy (non-hydrogen) atoms. The van der Waals surface area contributed by atoms with Gasteiger partial charge in [-0.05, 0) is 42.9 Å². The Hall–Kier alpha value is -1.35. The fourth-order valence-corrected chi connectivity index (χ4v) is 2.55. The smallest absolute Gasteiger partial charge is 0.234 e. The molecule has 1 aliphatic rings. The number of fused-ring (bicyclic) bond motifs is 1. The van der Waals surface area contributed by atoms with Crippen molar-refractivity contribution < 1.29 is 4.79 Å². The lowest BCUT2D eigenvalue weighted by Gasteiger charge is -2.29. The average Bonchev–Trinajstić information content (AvgIpc) is 2.50. The first-order valence-electron chi connectivity index (χ1n) is 6.77. The number of hydrogen-bond donors (Lipinski definition) is 2. The van der Waals surface area contributed by atoms with Crippen LogP contribution in [0.4, 0.5) is 5.69 Å². The lowest BCUT2D eigenvalue weighted by atomic mass is 9.79. The van der Waals surface area contributed by atoms with Crippen molar-refractivity contribution in [1.82, 2.24) is 0 Å². The summed E-state index contributed by atoms with van der Waals surface area (Å²) in [6.45, 7) is 12.3. The van der Waals surface area contributed by atoms with Gasteiger partial charge in [0.05, 0.1) is 5.41 Å². The van der Waals surface area contributed by atoms with Crippen LogP contribution in [0.2, 0.25) is 0 Å². The van der Waals surface area contributed by atoms with Crippen LogP contribution in [0.25, 0.3) is 0 Å². The van der Waals surface area contributed by atoms with Crippen molar-refractivity contribution in [3.63, 3.8) is 0 Å². The van der Waals surface area contributed by atoms with Crippen molar-refractivity contribution >= 4 is 11.6 Å². The molecule has 1 heterocycles. The fraction of sp³-hybridized carbons (Fsp3) is 0.562. The van der Waals surface area contributed by atoms with Crippen molar-refractivity contribution in [2.24, 2.45) is 11.1 Å². The van der Waals surface area contributed by atoms with Crippen LogP contribution in [-0.2, 0) is 10.2 Å². The first-order chi connectivity index (χ1) is 8.55. The Kier molecular flexibility index (Phi) is 3.01. The maximum atomic E-state index is 12.0. The zero-order valence-electron chi connectivity index (χ0n) is 12.7. The van der Waals surface area contributed by atoms with Crippen LogP contribution in [0.1, 0.15) is 57.4 Å². The van der Waals surface area contributed by atoms with E-state index in [1.165, 1.54) is 0 Å². The molecule has 104 valence electrons. The molecule has 0 fully saturated rings. The van der Waals surface area contributed by atoms with Gasteiger partial charge in [-0.25, -0.2) is 0 Å². The molecule has 2 rings (SSSR count). The van der Waals surface area contributed by atoms with Crippen molar-refractivity contribution in [2.45, 2.75) is 53.0 Å². The van der Waals surface area contributed by atoms with Crippen LogP contribution in [0.5, 0.6) is 0 Å². The summed E-state index contributed by atoms with van der Waals surface area (Å²) >= 11 is 0. The Morgan fingerprint density at radius 3 is 2.37 bits per heavy atom. The topological polar surface area (TPSA) is 55.1 Å². The molecule has 1 atom stereocenters. The molecule has 1 unspecified atom stereocenters. The molecule has 0 aromatic heterocycles. The monoisotopic (exact) mass is 260 g/mol. The molecule has 0 saturated heterocycles. The Morgan fingerprint density at radius 2 is 1.84 bits per heavy atom. The van der Waals surface area contributed by atoms with E-state index in [1.807, 2.05) is 20.8 Å². The van der Waals surface area contributed by atoms with Crippen molar-refractivity contribution in [2.75, 3.05) is 5.32 Å². The normalized spacial score (nSPS) is 19.0. The van der Waals surface area contributed by atoms with Gasteiger partial charge in [0.2, 0.25) is 5.91 Å². The van der Waals surface area contributed by atoms with E-state index < -0.39 is 5.41 Å². The van der Waals surface area contributed by atoms with E-state index in [4.69, 9.17) is 5.73 Å². The molecule has 0 spiro atoms. The highest BCUT2D eigenvalue weighted by Crippen LogP contribution is 2.42. The van der Waals surface area contributed by atoms with Gasteiger partial charge < -0.3 is 11.1 Å². The minimum absolute atomic E-state index is 0.000854. The average molecular weight is 260 g/mol. The van der Waals surface area contributed by atoms with Gasteiger partial charge in [0.25, 0.3) is 0 Å². The quantitative estimate of drug-likeness (QED) is 0.814. The summed E-state index contributed by atoms with van der Waals surface area (Å²) in [5.74, 6) is 0.0621. The van der Waals surface area contributed by atoms with Crippen LogP contribution in [0, 0.1) is 12.3 Å². The van der Waals surface area contributed by atoms with Crippen molar-refractivity contribution in [3.8, 4) is 0 Å². The zero-order valence-corrected chi connectivity index (χ0v) is 12.7. The second-order valence-corrected chi connectivity index (χ2v) is 7.18. The largest absolute Gasteiger partial charge is 0.325 e. The summed E-state index contributed by atoms with van der Waals surface area (Å²) in [7, 11) is 0. The van der Waals surface area contributed by atoms with Crippen LogP contribution in [0.3, 0.4) is 0 Å². The molecule has 3 nitrogen and oxygen atoms in total. The van der Waals surface area contributed by atoms with E-state index in [0.29, 0.717) is 0 Å². The van der Waals surface area contributed by atoms with E-state index >= 15 is 0 Å². The number of carbonyl (C=O) groups is 1. The predicted octanol–water partition coefficient (Wildman–Crippen LogP) is 3.27. The van der Waals surface area contributed by atoms with Crippen molar-refractivity contribution in [3.05, 3.63) is 28.8 Å². The van der Waals surface area contributed by atoms with E-state index in [2.05, 4.69) is 38.2 Å². The number of aryl methyl sites for hydroxylation is 1. The molecular formula is C16H24N2O. The van der Waals surface area contributed by atoms with Crippen LogP contribution < -0.4 is 11.1 Å². The maximum Gasteiger partial charge on any atom is 0.234 e. The highest BCUT2D eigenvalue weighted by molar-refractivity contribution is 6.06. The highest BCUT2D eigenvalue weighted by atomic mass is 16.2. The first-order valence-corrected chi connectivity index (χ1v) is 6.77. The summed E-state index contributed by atoms with van der Waals surface area (Å²) < 4.78 is 0. The Labute approximate surface area is 115 Å². The minimum atomic E-state index is -0.478. The van der Waals surface area contributed by atoms with Crippen LogP contribution >= 0.6 is 0 Å². The lowest BCUT2D eigenvalue weighted by molar-refractivity contribution is -0.119. The Balaban J connectivity index is 2.57. The predicted molar refractivity (Wildman–Crippen MR) is 79.2 cm³/mol. The molecule has 0 aliphatic carbocycles. The van der Waals surface area contributed by atoms with Gasteiger partial charge in [-0.3, -0.25) is 4.79 Å². The second kappa shape index (κ2) is 4.07. The SMILES string of the molecule is Cc1cc(C(N)C(C)(C)C)cc2c1NC(=O)C2(C)C. The zero-order chi connectivity index (χ0) is 14.6. The molecule has 0 saturated carbocycles.